The van der Waals surface area contributed by atoms with Gasteiger partial charge in [0.2, 0.25) is 10.0 Å². The van der Waals surface area contributed by atoms with Crippen molar-refractivity contribution in [2.75, 3.05) is 46.1 Å². The molecule has 0 bridgehead atoms. The smallest absolute Gasteiger partial charge is 0.276 e. The fraction of sp³-hybridized carbons (Fsp3) is 0.600. The molecule has 1 saturated heterocycles. The summed E-state index contributed by atoms with van der Waals surface area (Å²) in [6.07, 6.45) is 0.569. The third kappa shape index (κ3) is 4.66. The predicted molar refractivity (Wildman–Crippen MR) is 91.7 cm³/mol. The Morgan fingerprint density at radius 1 is 1.48 bits per heavy atom. The van der Waals surface area contributed by atoms with Crippen molar-refractivity contribution in [1.82, 2.24) is 14.2 Å². The van der Waals surface area contributed by atoms with Crippen LogP contribution in [-0.4, -0.2) is 85.8 Å². The number of hydrogen-bond donors (Lipinski definition) is 2. The van der Waals surface area contributed by atoms with Crippen molar-refractivity contribution in [3.63, 3.8) is 0 Å². The van der Waals surface area contributed by atoms with Crippen LogP contribution in [0.25, 0.3) is 0 Å². The second-order valence-electron chi connectivity index (χ2n) is 6.09. The molecule has 10 heteroatoms. The summed E-state index contributed by atoms with van der Waals surface area (Å²) in [4.78, 5) is 18.2. The molecule has 0 unspecified atom stereocenters. The van der Waals surface area contributed by atoms with Gasteiger partial charge in [0.25, 0.3) is 5.91 Å². The molecule has 2 heterocycles. The van der Waals surface area contributed by atoms with E-state index in [1.807, 2.05) is 0 Å². The highest BCUT2D eigenvalue weighted by atomic mass is 32.2. The van der Waals surface area contributed by atoms with E-state index < -0.39 is 28.0 Å². The van der Waals surface area contributed by atoms with Gasteiger partial charge < -0.3 is 20.5 Å². The van der Waals surface area contributed by atoms with Crippen LogP contribution in [0.2, 0.25) is 0 Å². The van der Waals surface area contributed by atoms with Crippen molar-refractivity contribution in [2.45, 2.75) is 6.10 Å². The standard InChI is InChI=1S/C15H24N4O5S/c1-18(2)25(22,23)10-11-8-19(9-12(11)20)15(21)14-13(24-7-5-16)4-3-6-17-14/h3-4,6,11-12,20H,5,7-10,16H2,1-2H3/t11-,12+/m0/s1. The molecule has 1 aliphatic rings. The van der Waals surface area contributed by atoms with Crippen LogP contribution in [0, 0.1) is 5.92 Å². The van der Waals surface area contributed by atoms with Gasteiger partial charge in [-0.1, -0.05) is 0 Å². The Labute approximate surface area is 147 Å². The monoisotopic (exact) mass is 372 g/mol. The number of aliphatic hydroxyl groups is 1. The number of β-amino-alcohol motifs (C(OH)–C–C–N with tert-alkyl or cyclic N) is 1. The van der Waals surface area contributed by atoms with E-state index in [0.29, 0.717) is 12.3 Å². The van der Waals surface area contributed by atoms with Gasteiger partial charge in [0, 0.05) is 45.8 Å². The normalized spacial score (nSPS) is 20.9. The minimum absolute atomic E-state index is 0.0549. The van der Waals surface area contributed by atoms with E-state index in [-0.39, 0.29) is 31.1 Å². The number of nitrogens with zero attached hydrogens (tertiary/aromatic N) is 3. The Bertz CT molecular complexity index is 710. The summed E-state index contributed by atoms with van der Waals surface area (Å²) >= 11 is 0. The molecule has 0 aromatic carbocycles. The fourth-order valence-electron chi connectivity index (χ4n) is 2.59. The zero-order valence-corrected chi connectivity index (χ0v) is 15.1. The molecule has 1 aliphatic heterocycles. The van der Waals surface area contributed by atoms with Crippen molar-refractivity contribution in [2.24, 2.45) is 11.7 Å². The van der Waals surface area contributed by atoms with Crippen LogP contribution in [-0.2, 0) is 10.0 Å². The van der Waals surface area contributed by atoms with Crippen molar-refractivity contribution in [3.05, 3.63) is 24.0 Å². The summed E-state index contributed by atoms with van der Waals surface area (Å²) < 4.78 is 30.6. The number of likely N-dealkylation sites (tertiary alicyclic amines) is 1. The average Bonchev–Trinajstić information content (AvgIpc) is 2.92. The maximum absolute atomic E-state index is 12.7. The summed E-state index contributed by atoms with van der Waals surface area (Å²) in [6, 6.07) is 3.27. The van der Waals surface area contributed by atoms with Gasteiger partial charge >= 0.3 is 0 Å². The summed E-state index contributed by atoms with van der Waals surface area (Å²) in [5, 5.41) is 10.2. The molecule has 1 aromatic heterocycles. The summed E-state index contributed by atoms with van der Waals surface area (Å²) in [5.41, 5.74) is 5.53. The van der Waals surface area contributed by atoms with Crippen LogP contribution < -0.4 is 10.5 Å². The molecule has 3 N–H and O–H groups in total. The maximum atomic E-state index is 12.7. The Morgan fingerprint density at radius 3 is 2.84 bits per heavy atom. The minimum Gasteiger partial charge on any atom is -0.490 e. The third-order valence-electron chi connectivity index (χ3n) is 4.02. The van der Waals surface area contributed by atoms with Gasteiger partial charge in [0.1, 0.15) is 6.61 Å². The summed E-state index contributed by atoms with van der Waals surface area (Å²) in [5.74, 6) is -0.856. The Kier molecular flexibility index (Phi) is 6.33. The number of amides is 1. The molecule has 0 spiro atoms. The number of nitrogens with two attached hydrogens (primary N) is 1. The van der Waals surface area contributed by atoms with E-state index in [0.717, 1.165) is 4.31 Å². The van der Waals surface area contributed by atoms with Gasteiger partial charge in [0.15, 0.2) is 11.4 Å². The fourth-order valence-corrected chi connectivity index (χ4v) is 3.76. The molecule has 0 radical (unpaired) electrons. The largest absolute Gasteiger partial charge is 0.490 e. The van der Waals surface area contributed by atoms with Gasteiger partial charge in [-0.2, -0.15) is 0 Å². The lowest BCUT2D eigenvalue weighted by atomic mass is 10.1. The zero-order valence-electron chi connectivity index (χ0n) is 14.3. The minimum atomic E-state index is -3.47. The van der Waals surface area contributed by atoms with Crippen LogP contribution in [0.1, 0.15) is 10.5 Å². The van der Waals surface area contributed by atoms with Crippen LogP contribution in [0.5, 0.6) is 5.75 Å². The molecule has 1 amide bonds. The molecule has 0 saturated carbocycles. The quantitative estimate of drug-likeness (QED) is 0.612. The summed E-state index contributed by atoms with van der Waals surface area (Å²) in [7, 11) is -0.589. The lowest BCUT2D eigenvalue weighted by Crippen LogP contribution is -2.34. The number of sulfonamides is 1. The van der Waals surface area contributed by atoms with Crippen molar-refractivity contribution < 1.29 is 23.1 Å². The van der Waals surface area contributed by atoms with Gasteiger partial charge in [-0.25, -0.2) is 17.7 Å². The highest BCUT2D eigenvalue weighted by molar-refractivity contribution is 7.89. The molecule has 2 rings (SSSR count). The van der Waals surface area contributed by atoms with Gasteiger partial charge in [0.05, 0.1) is 11.9 Å². The molecular weight excluding hydrogens is 348 g/mol. The number of pyridine rings is 1. The molecule has 9 nitrogen and oxygen atoms in total. The van der Waals surface area contributed by atoms with Gasteiger partial charge in [-0.05, 0) is 12.1 Å². The lowest BCUT2D eigenvalue weighted by Gasteiger charge is -2.18. The number of ether oxygens (including phenoxy) is 1. The van der Waals surface area contributed by atoms with Crippen LogP contribution in [0.15, 0.2) is 18.3 Å². The number of carbonyl (C=O) groups excluding carboxylic acids is 1. The van der Waals surface area contributed by atoms with E-state index in [1.54, 1.807) is 12.1 Å². The van der Waals surface area contributed by atoms with Crippen LogP contribution in [0.4, 0.5) is 0 Å². The highest BCUT2D eigenvalue weighted by Gasteiger charge is 2.38. The second-order valence-corrected chi connectivity index (χ2v) is 8.31. The number of hydrogen-bond acceptors (Lipinski definition) is 7. The first-order valence-corrected chi connectivity index (χ1v) is 9.52. The third-order valence-corrected chi connectivity index (χ3v) is 5.99. The number of carbonyl (C=O) groups is 1. The van der Waals surface area contributed by atoms with E-state index in [2.05, 4.69) is 4.98 Å². The SMILES string of the molecule is CN(C)S(=O)(=O)C[C@@H]1CN(C(=O)c2ncccc2OCCN)C[C@H]1O. The first-order valence-electron chi connectivity index (χ1n) is 7.91. The molecule has 140 valence electrons. The molecule has 25 heavy (non-hydrogen) atoms. The topological polar surface area (TPSA) is 126 Å². The van der Waals surface area contributed by atoms with Crippen molar-refractivity contribution >= 4 is 15.9 Å². The molecule has 1 aromatic rings. The Morgan fingerprint density at radius 2 is 2.20 bits per heavy atom. The number of aliphatic hydroxyl groups excluding tert-OH is 1. The van der Waals surface area contributed by atoms with Crippen LogP contribution >= 0.6 is 0 Å². The van der Waals surface area contributed by atoms with Crippen LogP contribution in [0.3, 0.4) is 0 Å². The molecule has 0 aliphatic carbocycles. The van der Waals surface area contributed by atoms with Gasteiger partial charge in [-0.3, -0.25) is 4.79 Å². The predicted octanol–water partition coefficient (Wildman–Crippen LogP) is -1.26. The van der Waals surface area contributed by atoms with E-state index in [1.165, 1.54) is 25.2 Å². The number of rotatable bonds is 7. The second kappa shape index (κ2) is 8.09. The Balaban J connectivity index is 2.12. The first kappa shape index (κ1) is 19.6. The van der Waals surface area contributed by atoms with E-state index >= 15 is 0 Å². The molecule has 2 atom stereocenters. The first-order chi connectivity index (χ1) is 11.8. The molecule has 1 fully saturated rings. The highest BCUT2D eigenvalue weighted by Crippen LogP contribution is 2.24. The molecular formula is C15H24N4O5S. The summed E-state index contributed by atoms with van der Waals surface area (Å²) in [6.45, 7) is 0.743. The van der Waals surface area contributed by atoms with E-state index in [9.17, 15) is 18.3 Å². The maximum Gasteiger partial charge on any atom is 0.276 e. The lowest BCUT2D eigenvalue weighted by molar-refractivity contribution is 0.0754. The van der Waals surface area contributed by atoms with E-state index in [4.69, 9.17) is 10.5 Å². The Hall–Kier alpha value is -1.75. The van der Waals surface area contributed by atoms with Gasteiger partial charge in [-0.15, -0.1) is 0 Å². The average molecular weight is 372 g/mol. The van der Waals surface area contributed by atoms with Crippen molar-refractivity contribution in [3.8, 4) is 5.75 Å². The van der Waals surface area contributed by atoms with Crippen molar-refractivity contribution in [1.29, 1.82) is 0 Å². The zero-order chi connectivity index (χ0) is 18.6. The number of aromatic nitrogens is 1.